The standard InChI is InChI=1S/C40H62N5O9P/c1-2-3-4-5-6-7-8-9-10-11-12-13-14-15-16-20-25-50-27-33(51-26-32-21-18-17-19-22-32)28-52-55(48,49)53-29-35-37(46)38(47)40(30-41,54-35)36-24-23-34-39(42)43-31-44-45(34)36/h17-19,21-24,31,33,35,37-38,46-47H,2-16,20,25-29H2,1H3,(H,48,49)(H2,42,43,44)/t33-,35+,37?,38-,40-/m0/s1. The molecule has 55 heavy (non-hydrogen) atoms. The van der Waals surface area contributed by atoms with Crippen molar-refractivity contribution in [3.05, 3.63) is 60.0 Å². The molecule has 1 fully saturated rings. The first-order valence-electron chi connectivity index (χ1n) is 20.1. The van der Waals surface area contributed by atoms with E-state index in [0.717, 1.165) is 18.4 Å². The molecule has 2 aromatic heterocycles. The van der Waals surface area contributed by atoms with E-state index >= 15 is 0 Å². The number of fused-ring (bicyclic) bond motifs is 1. The smallest absolute Gasteiger partial charge is 0.387 e. The zero-order valence-electron chi connectivity index (χ0n) is 32.4. The maximum absolute atomic E-state index is 13.0. The van der Waals surface area contributed by atoms with Crippen LogP contribution in [-0.2, 0) is 40.0 Å². The minimum absolute atomic E-state index is 0.0922. The second-order valence-electron chi connectivity index (χ2n) is 14.5. The lowest BCUT2D eigenvalue weighted by Gasteiger charge is -2.24. The number of benzene rings is 1. The van der Waals surface area contributed by atoms with Gasteiger partial charge in [-0.1, -0.05) is 134 Å². The molecule has 0 radical (unpaired) electrons. The zero-order valence-corrected chi connectivity index (χ0v) is 33.3. The quantitative estimate of drug-likeness (QED) is 0.0408. The van der Waals surface area contributed by atoms with Gasteiger partial charge in [0.05, 0.1) is 32.1 Å². The molecule has 3 heterocycles. The predicted octanol–water partition coefficient (Wildman–Crippen LogP) is 7.15. The van der Waals surface area contributed by atoms with Crippen LogP contribution in [0.25, 0.3) is 5.52 Å². The van der Waals surface area contributed by atoms with Gasteiger partial charge in [-0.25, -0.2) is 14.1 Å². The molecular formula is C40H62N5O9P. The molecule has 15 heteroatoms. The van der Waals surface area contributed by atoms with E-state index in [4.69, 9.17) is 29.0 Å². The highest BCUT2D eigenvalue weighted by Gasteiger charge is 2.58. The average Bonchev–Trinajstić information content (AvgIpc) is 3.74. The van der Waals surface area contributed by atoms with E-state index in [-0.39, 0.29) is 31.3 Å². The molecule has 0 spiro atoms. The number of hydrogen-bond donors (Lipinski definition) is 4. The number of hydrogen-bond acceptors (Lipinski definition) is 12. The van der Waals surface area contributed by atoms with E-state index in [1.165, 1.54) is 107 Å². The van der Waals surface area contributed by atoms with Crippen molar-refractivity contribution >= 4 is 19.2 Å². The fraction of sp³-hybridized carbons (Fsp3) is 0.675. The van der Waals surface area contributed by atoms with Gasteiger partial charge in [0.15, 0.2) is 5.82 Å². The van der Waals surface area contributed by atoms with Crippen molar-refractivity contribution in [3.8, 4) is 6.07 Å². The molecule has 0 aliphatic carbocycles. The van der Waals surface area contributed by atoms with Crippen LogP contribution in [0.4, 0.5) is 5.82 Å². The monoisotopic (exact) mass is 787 g/mol. The molecular weight excluding hydrogens is 725 g/mol. The number of nitrogens with two attached hydrogens (primary N) is 1. The van der Waals surface area contributed by atoms with Gasteiger partial charge >= 0.3 is 7.82 Å². The third kappa shape index (κ3) is 14.2. The summed E-state index contributed by atoms with van der Waals surface area (Å²) in [6.07, 6.45) is 16.4. The van der Waals surface area contributed by atoms with Crippen molar-refractivity contribution < 1.29 is 42.9 Å². The van der Waals surface area contributed by atoms with Gasteiger partial charge in [0.1, 0.15) is 42.3 Å². The van der Waals surface area contributed by atoms with Crippen LogP contribution in [0, 0.1) is 11.3 Å². The largest absolute Gasteiger partial charge is 0.472 e. The molecule has 3 aromatic rings. The fourth-order valence-electron chi connectivity index (χ4n) is 6.83. The SMILES string of the molecule is CCCCCCCCCCCCCCCCCCOC[C@@H](COP(=O)(O)OC[C@H]1O[C@@](C#N)(c2ccc3c(N)ncnn23)[C@@H](O)C1O)OCc1ccccc1. The molecule has 0 saturated carbocycles. The highest BCUT2D eigenvalue weighted by Crippen LogP contribution is 2.46. The number of unbranched alkanes of at least 4 members (excludes halogenated alkanes) is 15. The summed E-state index contributed by atoms with van der Waals surface area (Å²) in [5, 5.41) is 36.0. The van der Waals surface area contributed by atoms with E-state index in [2.05, 4.69) is 17.0 Å². The van der Waals surface area contributed by atoms with Crippen LogP contribution in [0.15, 0.2) is 48.8 Å². The Morgan fingerprint density at radius 2 is 1.53 bits per heavy atom. The summed E-state index contributed by atoms with van der Waals surface area (Å²) in [7, 11) is -4.71. The van der Waals surface area contributed by atoms with Crippen molar-refractivity contribution in [1.82, 2.24) is 14.6 Å². The lowest BCUT2D eigenvalue weighted by molar-refractivity contribution is -0.0690. The molecule has 2 unspecified atom stereocenters. The number of phosphoric acid groups is 1. The molecule has 0 bridgehead atoms. The number of aromatic nitrogens is 3. The molecule has 1 saturated heterocycles. The normalized spacial score (nSPS) is 21.5. The number of aliphatic hydroxyl groups is 2. The van der Waals surface area contributed by atoms with E-state index < -0.39 is 44.4 Å². The van der Waals surface area contributed by atoms with Crippen LogP contribution < -0.4 is 5.73 Å². The molecule has 14 nitrogen and oxygen atoms in total. The Bertz CT molecular complexity index is 1610. The highest BCUT2D eigenvalue weighted by atomic mass is 31.2. The first kappa shape index (κ1) is 44.8. The number of rotatable bonds is 29. The molecule has 6 atom stereocenters. The van der Waals surface area contributed by atoms with Gasteiger partial charge in [-0.15, -0.1) is 0 Å². The maximum atomic E-state index is 13.0. The fourth-order valence-corrected chi connectivity index (χ4v) is 7.60. The van der Waals surface area contributed by atoms with Crippen molar-refractivity contribution in [2.45, 2.75) is 146 Å². The molecule has 1 aromatic carbocycles. The van der Waals surface area contributed by atoms with Crippen LogP contribution in [0.5, 0.6) is 0 Å². The number of nitrogen functional groups attached to an aromatic ring is 1. The predicted molar refractivity (Wildman–Crippen MR) is 209 cm³/mol. The van der Waals surface area contributed by atoms with Gasteiger partial charge in [-0.2, -0.15) is 10.4 Å². The number of phosphoric ester groups is 1. The molecule has 1 aliphatic heterocycles. The first-order valence-corrected chi connectivity index (χ1v) is 21.6. The first-order chi connectivity index (χ1) is 26.7. The van der Waals surface area contributed by atoms with Crippen LogP contribution in [0.3, 0.4) is 0 Å². The minimum Gasteiger partial charge on any atom is -0.387 e. The highest BCUT2D eigenvalue weighted by molar-refractivity contribution is 7.47. The van der Waals surface area contributed by atoms with Crippen molar-refractivity contribution in [3.63, 3.8) is 0 Å². The second-order valence-corrected chi connectivity index (χ2v) is 15.9. The Hall–Kier alpha value is -2.96. The Morgan fingerprint density at radius 1 is 0.909 bits per heavy atom. The lowest BCUT2D eigenvalue weighted by Crippen LogP contribution is -2.41. The number of nitriles is 1. The van der Waals surface area contributed by atoms with Crippen LogP contribution in [0.1, 0.15) is 121 Å². The van der Waals surface area contributed by atoms with Crippen molar-refractivity contribution in [1.29, 1.82) is 5.26 Å². The molecule has 4 rings (SSSR count). The topological polar surface area (TPSA) is 204 Å². The Morgan fingerprint density at radius 3 is 2.15 bits per heavy atom. The third-order valence-corrected chi connectivity index (χ3v) is 11.0. The summed E-state index contributed by atoms with van der Waals surface area (Å²) in [6, 6.07) is 14.5. The number of anilines is 1. The summed E-state index contributed by atoms with van der Waals surface area (Å²) < 4.78 is 42.5. The van der Waals surface area contributed by atoms with Crippen LogP contribution in [0.2, 0.25) is 0 Å². The van der Waals surface area contributed by atoms with Crippen LogP contribution >= 0.6 is 7.82 Å². The Balaban J connectivity index is 1.15. The van der Waals surface area contributed by atoms with Gasteiger partial charge in [-0.3, -0.25) is 9.05 Å². The average molecular weight is 788 g/mol. The maximum Gasteiger partial charge on any atom is 0.472 e. The van der Waals surface area contributed by atoms with Crippen LogP contribution in [-0.4, -0.2) is 80.5 Å². The third-order valence-electron chi connectivity index (χ3n) is 10.1. The van der Waals surface area contributed by atoms with Crippen molar-refractivity contribution in [2.75, 3.05) is 32.2 Å². The Labute approximate surface area is 325 Å². The summed E-state index contributed by atoms with van der Waals surface area (Å²) in [5.41, 5.74) is 5.21. The summed E-state index contributed by atoms with van der Waals surface area (Å²) in [6.45, 7) is 2.21. The van der Waals surface area contributed by atoms with E-state index in [1.54, 1.807) is 6.07 Å². The van der Waals surface area contributed by atoms with E-state index in [0.29, 0.717) is 12.1 Å². The van der Waals surface area contributed by atoms with Gasteiger partial charge < -0.3 is 35.1 Å². The molecule has 306 valence electrons. The van der Waals surface area contributed by atoms with E-state index in [1.807, 2.05) is 36.4 Å². The lowest BCUT2D eigenvalue weighted by atomic mass is 9.92. The zero-order chi connectivity index (χ0) is 39.4. The van der Waals surface area contributed by atoms with Gasteiger partial charge in [0, 0.05) is 6.61 Å². The number of aliphatic hydroxyl groups excluding tert-OH is 2. The summed E-state index contributed by atoms with van der Waals surface area (Å²) >= 11 is 0. The van der Waals surface area contributed by atoms with Crippen molar-refractivity contribution in [2.24, 2.45) is 0 Å². The molecule has 0 amide bonds. The second kappa shape index (κ2) is 24.0. The van der Waals surface area contributed by atoms with Gasteiger partial charge in [0.2, 0.25) is 5.60 Å². The Kier molecular flexibility index (Phi) is 19.5. The molecule has 5 N–H and O–H groups in total. The van der Waals surface area contributed by atoms with E-state index in [9.17, 15) is 24.9 Å². The number of nitrogens with zero attached hydrogens (tertiary/aromatic N) is 4. The minimum atomic E-state index is -4.71. The summed E-state index contributed by atoms with van der Waals surface area (Å²) in [5.74, 6) is 0.136. The summed E-state index contributed by atoms with van der Waals surface area (Å²) in [4.78, 5) is 14.5. The van der Waals surface area contributed by atoms with Gasteiger partial charge in [-0.05, 0) is 24.1 Å². The van der Waals surface area contributed by atoms with Gasteiger partial charge in [0.25, 0.3) is 0 Å². The molecule has 1 aliphatic rings. The number of ether oxygens (including phenoxy) is 3.